The third-order valence-electron chi connectivity index (χ3n) is 5.58. The number of hydrogen-bond acceptors (Lipinski definition) is 2. The second-order valence-electron chi connectivity index (χ2n) is 6.84. The van der Waals surface area contributed by atoms with E-state index in [-0.39, 0.29) is 0 Å². The summed E-state index contributed by atoms with van der Waals surface area (Å²) in [5.41, 5.74) is 1.13. The van der Waals surface area contributed by atoms with Gasteiger partial charge < -0.3 is 10.1 Å². The van der Waals surface area contributed by atoms with Crippen LogP contribution in [0.25, 0.3) is 0 Å². The molecule has 0 amide bonds. The highest BCUT2D eigenvalue weighted by molar-refractivity contribution is 6.35. The first-order valence-electron chi connectivity index (χ1n) is 8.06. The summed E-state index contributed by atoms with van der Waals surface area (Å²) in [5.74, 6) is 3.65. The second kappa shape index (κ2) is 5.64. The first-order chi connectivity index (χ1) is 10.2. The SMILES string of the molecule is Clc1cc(Cl)c2c(c1)C(NCC1CC3CCC1C3)CCO2. The normalized spacial score (nSPS) is 33.8. The molecule has 4 rings (SSSR count). The molecule has 2 bridgehead atoms. The average Bonchev–Trinajstić information content (AvgIpc) is 3.07. The van der Waals surface area contributed by atoms with Gasteiger partial charge in [0.1, 0.15) is 5.75 Å². The van der Waals surface area contributed by atoms with E-state index in [0.717, 1.165) is 48.6 Å². The van der Waals surface area contributed by atoms with E-state index in [2.05, 4.69) is 5.32 Å². The Labute approximate surface area is 136 Å². The van der Waals surface area contributed by atoms with Gasteiger partial charge in [-0.25, -0.2) is 0 Å². The molecule has 4 heteroatoms. The molecule has 2 nitrogen and oxygen atoms in total. The maximum Gasteiger partial charge on any atom is 0.142 e. The van der Waals surface area contributed by atoms with Crippen molar-refractivity contribution >= 4 is 23.2 Å². The minimum absolute atomic E-state index is 0.323. The molecule has 2 aliphatic carbocycles. The Morgan fingerprint density at radius 2 is 2.05 bits per heavy atom. The Kier molecular flexibility index (Phi) is 3.81. The third kappa shape index (κ3) is 2.67. The molecule has 4 unspecified atom stereocenters. The molecule has 4 atom stereocenters. The Morgan fingerprint density at radius 3 is 2.81 bits per heavy atom. The van der Waals surface area contributed by atoms with Crippen LogP contribution in [0.3, 0.4) is 0 Å². The van der Waals surface area contributed by atoms with Gasteiger partial charge in [-0.3, -0.25) is 0 Å². The lowest BCUT2D eigenvalue weighted by molar-refractivity contribution is 0.238. The number of halogens is 2. The molecule has 1 aliphatic heterocycles. The summed E-state index contributed by atoms with van der Waals surface area (Å²) in [7, 11) is 0. The van der Waals surface area contributed by atoms with Crippen LogP contribution in [0.15, 0.2) is 12.1 Å². The Balaban J connectivity index is 1.47. The van der Waals surface area contributed by atoms with E-state index in [0.29, 0.717) is 16.1 Å². The van der Waals surface area contributed by atoms with Gasteiger partial charge in [-0.1, -0.05) is 29.6 Å². The average molecular weight is 326 g/mol. The number of hydrogen-bond donors (Lipinski definition) is 1. The summed E-state index contributed by atoms with van der Waals surface area (Å²) in [6, 6.07) is 4.09. The van der Waals surface area contributed by atoms with Crippen molar-refractivity contribution in [2.75, 3.05) is 13.2 Å². The van der Waals surface area contributed by atoms with Gasteiger partial charge in [-0.2, -0.15) is 0 Å². The molecule has 21 heavy (non-hydrogen) atoms. The summed E-state index contributed by atoms with van der Waals surface area (Å²) >= 11 is 12.4. The molecular formula is C17H21Cl2NO. The Bertz CT molecular complexity index is 548. The molecule has 2 saturated carbocycles. The molecule has 0 aromatic heterocycles. The predicted octanol–water partition coefficient (Wildman–Crippen LogP) is 4.84. The maximum atomic E-state index is 6.25. The molecule has 0 saturated heterocycles. The minimum atomic E-state index is 0.323. The first-order valence-corrected chi connectivity index (χ1v) is 8.81. The fraction of sp³-hybridized carbons (Fsp3) is 0.647. The van der Waals surface area contributed by atoms with Crippen molar-refractivity contribution in [3.05, 3.63) is 27.7 Å². The van der Waals surface area contributed by atoms with Crippen LogP contribution in [-0.4, -0.2) is 13.2 Å². The van der Waals surface area contributed by atoms with Crippen molar-refractivity contribution in [2.24, 2.45) is 17.8 Å². The maximum absolute atomic E-state index is 6.25. The third-order valence-corrected chi connectivity index (χ3v) is 6.08. The largest absolute Gasteiger partial charge is 0.492 e. The summed E-state index contributed by atoms with van der Waals surface area (Å²) in [6.07, 6.45) is 6.79. The van der Waals surface area contributed by atoms with Gasteiger partial charge in [0.2, 0.25) is 0 Å². The smallest absolute Gasteiger partial charge is 0.142 e. The first kappa shape index (κ1) is 14.2. The van der Waals surface area contributed by atoms with Crippen LogP contribution in [0.4, 0.5) is 0 Å². The van der Waals surface area contributed by atoms with Gasteiger partial charge in [0.05, 0.1) is 11.6 Å². The van der Waals surface area contributed by atoms with Gasteiger partial charge in [0, 0.05) is 23.0 Å². The molecule has 2 fully saturated rings. The highest BCUT2D eigenvalue weighted by Crippen LogP contribution is 2.48. The highest BCUT2D eigenvalue weighted by Gasteiger charge is 2.39. The summed E-state index contributed by atoms with van der Waals surface area (Å²) < 4.78 is 5.73. The van der Waals surface area contributed by atoms with Crippen LogP contribution in [0.2, 0.25) is 10.0 Å². The predicted molar refractivity (Wildman–Crippen MR) is 86.3 cm³/mol. The zero-order chi connectivity index (χ0) is 14.4. The molecule has 1 heterocycles. The van der Waals surface area contributed by atoms with Gasteiger partial charge in [0.15, 0.2) is 0 Å². The number of ether oxygens (including phenoxy) is 1. The van der Waals surface area contributed by atoms with Crippen LogP contribution < -0.4 is 10.1 Å². The molecule has 1 N–H and O–H groups in total. The highest BCUT2D eigenvalue weighted by atomic mass is 35.5. The van der Waals surface area contributed by atoms with E-state index in [1.165, 1.54) is 25.7 Å². The van der Waals surface area contributed by atoms with Crippen LogP contribution in [0.1, 0.15) is 43.7 Å². The van der Waals surface area contributed by atoms with Crippen molar-refractivity contribution in [2.45, 2.75) is 38.1 Å². The van der Waals surface area contributed by atoms with E-state index in [1.54, 1.807) is 6.07 Å². The van der Waals surface area contributed by atoms with E-state index >= 15 is 0 Å². The number of benzene rings is 1. The van der Waals surface area contributed by atoms with Gasteiger partial charge in [-0.05, 0) is 55.7 Å². The topological polar surface area (TPSA) is 21.3 Å². The Morgan fingerprint density at radius 1 is 1.14 bits per heavy atom. The quantitative estimate of drug-likeness (QED) is 0.858. The Hall–Kier alpha value is -0.440. The van der Waals surface area contributed by atoms with Crippen molar-refractivity contribution in [1.82, 2.24) is 5.32 Å². The number of fused-ring (bicyclic) bond motifs is 3. The van der Waals surface area contributed by atoms with Crippen LogP contribution >= 0.6 is 23.2 Å². The lowest BCUT2D eigenvalue weighted by atomic mass is 9.88. The fourth-order valence-electron chi connectivity index (χ4n) is 4.56. The summed E-state index contributed by atoms with van der Waals surface area (Å²) in [4.78, 5) is 0. The van der Waals surface area contributed by atoms with Crippen LogP contribution in [0, 0.1) is 17.8 Å². The summed E-state index contributed by atoms with van der Waals surface area (Å²) in [5, 5.41) is 5.08. The zero-order valence-corrected chi connectivity index (χ0v) is 13.6. The fourth-order valence-corrected chi connectivity index (χ4v) is 5.12. The molecule has 0 radical (unpaired) electrons. The lowest BCUT2D eigenvalue weighted by Crippen LogP contribution is -2.32. The van der Waals surface area contributed by atoms with Crippen molar-refractivity contribution in [3.8, 4) is 5.75 Å². The second-order valence-corrected chi connectivity index (χ2v) is 7.68. The van der Waals surface area contributed by atoms with E-state index in [1.807, 2.05) is 6.07 Å². The van der Waals surface area contributed by atoms with Gasteiger partial charge in [-0.15, -0.1) is 0 Å². The van der Waals surface area contributed by atoms with E-state index in [4.69, 9.17) is 27.9 Å². The van der Waals surface area contributed by atoms with Gasteiger partial charge in [0.25, 0.3) is 0 Å². The van der Waals surface area contributed by atoms with Crippen molar-refractivity contribution in [1.29, 1.82) is 0 Å². The van der Waals surface area contributed by atoms with Crippen LogP contribution in [-0.2, 0) is 0 Å². The molecule has 0 spiro atoms. The standard InChI is InChI=1S/C17H21Cl2NO/c18-13-7-14-16(3-4-21-17(14)15(19)8-13)20-9-12-6-10-1-2-11(12)5-10/h7-8,10-12,16,20H,1-6,9H2. The number of nitrogens with one attached hydrogen (secondary N) is 1. The van der Waals surface area contributed by atoms with E-state index < -0.39 is 0 Å². The summed E-state index contributed by atoms with van der Waals surface area (Å²) in [6.45, 7) is 1.85. The monoisotopic (exact) mass is 325 g/mol. The van der Waals surface area contributed by atoms with E-state index in [9.17, 15) is 0 Å². The molecule has 3 aliphatic rings. The molecule has 1 aromatic rings. The number of rotatable bonds is 3. The molecular weight excluding hydrogens is 305 g/mol. The lowest BCUT2D eigenvalue weighted by Gasteiger charge is -2.30. The molecule has 1 aromatic carbocycles. The molecule has 114 valence electrons. The minimum Gasteiger partial charge on any atom is -0.492 e. The van der Waals surface area contributed by atoms with Crippen LogP contribution in [0.5, 0.6) is 5.75 Å². The van der Waals surface area contributed by atoms with Crippen molar-refractivity contribution < 1.29 is 4.74 Å². The van der Waals surface area contributed by atoms with Crippen molar-refractivity contribution in [3.63, 3.8) is 0 Å². The van der Waals surface area contributed by atoms with Gasteiger partial charge >= 0.3 is 0 Å². The zero-order valence-electron chi connectivity index (χ0n) is 12.1.